The van der Waals surface area contributed by atoms with Gasteiger partial charge in [-0.3, -0.25) is 4.99 Å². The summed E-state index contributed by atoms with van der Waals surface area (Å²) in [6.07, 6.45) is 1.28. The molecule has 0 amide bonds. The molecule has 0 radical (unpaired) electrons. The third-order valence-electron chi connectivity index (χ3n) is 4.08. The number of benzene rings is 1. The van der Waals surface area contributed by atoms with Gasteiger partial charge in [0.05, 0.1) is 0 Å². The van der Waals surface area contributed by atoms with E-state index >= 15 is 0 Å². The lowest BCUT2D eigenvalue weighted by atomic mass is 10.1. The van der Waals surface area contributed by atoms with Crippen LogP contribution in [0.15, 0.2) is 40.2 Å². The molecule has 2 rings (SSSR count). The normalized spacial score (nSPS) is 18.2. The third kappa shape index (κ3) is 8.07. The van der Waals surface area contributed by atoms with E-state index in [2.05, 4.69) is 59.7 Å². The summed E-state index contributed by atoms with van der Waals surface area (Å²) in [5, 5.41) is 6.79. The van der Waals surface area contributed by atoms with Crippen LogP contribution in [0.5, 0.6) is 0 Å². The van der Waals surface area contributed by atoms with Crippen molar-refractivity contribution < 1.29 is 0 Å². The second kappa shape index (κ2) is 12.8. The van der Waals surface area contributed by atoms with Crippen LogP contribution in [0.25, 0.3) is 0 Å². The van der Waals surface area contributed by atoms with E-state index in [0.29, 0.717) is 5.92 Å². The molecule has 1 aliphatic heterocycles. The number of halogens is 1. The minimum absolute atomic E-state index is 0. The van der Waals surface area contributed by atoms with Gasteiger partial charge >= 0.3 is 0 Å². The maximum absolute atomic E-state index is 4.77. The van der Waals surface area contributed by atoms with E-state index < -0.39 is 0 Å². The van der Waals surface area contributed by atoms with Crippen LogP contribution >= 0.6 is 35.7 Å². The zero-order chi connectivity index (χ0) is 16.3. The Labute approximate surface area is 168 Å². The van der Waals surface area contributed by atoms with Crippen molar-refractivity contribution in [1.82, 2.24) is 15.5 Å². The summed E-state index contributed by atoms with van der Waals surface area (Å²) >= 11 is 1.88. The molecule has 1 atom stereocenters. The molecule has 24 heavy (non-hydrogen) atoms. The third-order valence-corrected chi connectivity index (χ3v) is 5.09. The number of thioether (sulfide) groups is 1. The van der Waals surface area contributed by atoms with Gasteiger partial charge in [-0.2, -0.15) is 0 Å². The topological polar surface area (TPSA) is 39.7 Å². The highest BCUT2D eigenvalue weighted by Gasteiger charge is 2.20. The van der Waals surface area contributed by atoms with Crippen molar-refractivity contribution in [2.24, 2.45) is 10.9 Å². The van der Waals surface area contributed by atoms with Crippen LogP contribution in [0.3, 0.4) is 0 Å². The Bertz CT molecular complexity index is 469. The first kappa shape index (κ1) is 21.6. The van der Waals surface area contributed by atoms with E-state index in [9.17, 15) is 0 Å². The molecule has 1 heterocycles. The molecule has 1 aliphatic rings. The minimum Gasteiger partial charge on any atom is -0.357 e. The molecule has 0 aliphatic carbocycles. The predicted octanol–water partition coefficient (Wildman–Crippen LogP) is 3.29. The van der Waals surface area contributed by atoms with Gasteiger partial charge in [0.2, 0.25) is 0 Å². The van der Waals surface area contributed by atoms with Crippen LogP contribution in [0.2, 0.25) is 0 Å². The van der Waals surface area contributed by atoms with Crippen molar-refractivity contribution in [2.75, 3.05) is 45.0 Å². The number of nitrogens with one attached hydrogen (secondary N) is 2. The van der Waals surface area contributed by atoms with Gasteiger partial charge in [-0.25, -0.2) is 0 Å². The fraction of sp³-hybridized carbons (Fsp3) is 0.611. The summed E-state index contributed by atoms with van der Waals surface area (Å²) in [7, 11) is 0. The van der Waals surface area contributed by atoms with Crippen LogP contribution in [-0.4, -0.2) is 55.9 Å². The average Bonchev–Trinajstić information content (AvgIpc) is 3.05. The van der Waals surface area contributed by atoms with Gasteiger partial charge < -0.3 is 15.5 Å². The number of likely N-dealkylation sites (tertiary alicyclic amines) is 1. The molecule has 0 bridgehead atoms. The molecule has 6 heteroatoms. The summed E-state index contributed by atoms with van der Waals surface area (Å²) < 4.78 is 0. The second-order valence-electron chi connectivity index (χ2n) is 5.86. The minimum atomic E-state index is 0. The van der Waals surface area contributed by atoms with Crippen molar-refractivity contribution in [3.8, 4) is 0 Å². The van der Waals surface area contributed by atoms with E-state index in [-0.39, 0.29) is 24.0 Å². The zero-order valence-electron chi connectivity index (χ0n) is 14.8. The van der Waals surface area contributed by atoms with Crippen LogP contribution in [0, 0.1) is 5.92 Å². The highest BCUT2D eigenvalue weighted by Crippen LogP contribution is 2.16. The first-order valence-corrected chi connectivity index (χ1v) is 9.72. The Balaban J connectivity index is 0.00000288. The van der Waals surface area contributed by atoms with Crippen molar-refractivity contribution in [3.63, 3.8) is 0 Å². The van der Waals surface area contributed by atoms with Crippen LogP contribution in [0.1, 0.15) is 20.3 Å². The van der Waals surface area contributed by atoms with E-state index in [1.54, 1.807) is 0 Å². The van der Waals surface area contributed by atoms with Gasteiger partial charge in [0.15, 0.2) is 5.96 Å². The molecule has 2 N–H and O–H groups in total. The Morgan fingerprint density at radius 1 is 1.25 bits per heavy atom. The Morgan fingerprint density at radius 3 is 2.71 bits per heavy atom. The SMILES string of the molecule is CCNC(=NCC1CCN(CC)C1)NCCSc1ccccc1.I. The van der Waals surface area contributed by atoms with Gasteiger partial charge in [0.25, 0.3) is 0 Å². The monoisotopic (exact) mass is 462 g/mol. The van der Waals surface area contributed by atoms with Crippen molar-refractivity contribution in [2.45, 2.75) is 25.2 Å². The Kier molecular flexibility index (Phi) is 11.5. The summed E-state index contributed by atoms with van der Waals surface area (Å²) in [6, 6.07) is 10.5. The maximum Gasteiger partial charge on any atom is 0.191 e. The smallest absolute Gasteiger partial charge is 0.191 e. The average molecular weight is 462 g/mol. The number of hydrogen-bond acceptors (Lipinski definition) is 3. The number of nitrogens with zero attached hydrogens (tertiary/aromatic N) is 2. The van der Waals surface area contributed by atoms with Gasteiger partial charge in [-0.15, -0.1) is 35.7 Å². The van der Waals surface area contributed by atoms with E-state index in [4.69, 9.17) is 4.99 Å². The molecule has 1 unspecified atom stereocenters. The lowest BCUT2D eigenvalue weighted by molar-refractivity contribution is 0.343. The summed E-state index contributed by atoms with van der Waals surface area (Å²) in [5.74, 6) is 2.71. The number of aliphatic imine (C=N–C) groups is 1. The van der Waals surface area contributed by atoms with E-state index in [1.807, 2.05) is 11.8 Å². The predicted molar refractivity (Wildman–Crippen MR) is 117 cm³/mol. The first-order valence-electron chi connectivity index (χ1n) is 8.74. The van der Waals surface area contributed by atoms with Gasteiger partial charge in [-0.05, 0) is 44.5 Å². The molecule has 1 aromatic carbocycles. The maximum atomic E-state index is 4.77. The standard InChI is InChI=1S/C18H30N4S.HI/c1-3-19-18(21-14-16-10-12-22(4-2)15-16)20-11-13-23-17-8-6-5-7-9-17;/h5-9,16H,3-4,10-15H2,1-2H3,(H2,19,20,21);1H. The molecule has 0 saturated carbocycles. The van der Waals surface area contributed by atoms with Crippen LogP contribution in [0.4, 0.5) is 0 Å². The molecule has 1 aromatic rings. The molecule has 0 spiro atoms. The van der Waals surface area contributed by atoms with Crippen LogP contribution in [-0.2, 0) is 0 Å². The Morgan fingerprint density at radius 2 is 2.04 bits per heavy atom. The molecule has 1 fully saturated rings. The first-order chi connectivity index (χ1) is 11.3. The Hall–Kier alpha value is -0.470. The lowest BCUT2D eigenvalue weighted by Crippen LogP contribution is -2.38. The lowest BCUT2D eigenvalue weighted by Gasteiger charge is -2.14. The molecule has 1 saturated heterocycles. The number of rotatable bonds is 8. The second-order valence-corrected chi connectivity index (χ2v) is 7.02. The zero-order valence-corrected chi connectivity index (χ0v) is 18.0. The molecular formula is C18H31IN4S. The fourth-order valence-corrected chi connectivity index (χ4v) is 3.56. The largest absolute Gasteiger partial charge is 0.357 e. The highest BCUT2D eigenvalue weighted by atomic mass is 127. The van der Waals surface area contributed by atoms with E-state index in [0.717, 1.165) is 37.9 Å². The quantitative estimate of drug-likeness (QED) is 0.205. The molecule has 0 aromatic heterocycles. The molecule has 136 valence electrons. The van der Waals surface area contributed by atoms with Crippen LogP contribution < -0.4 is 10.6 Å². The van der Waals surface area contributed by atoms with Crippen molar-refractivity contribution >= 4 is 41.7 Å². The molecular weight excluding hydrogens is 431 g/mol. The van der Waals surface area contributed by atoms with Gasteiger partial charge in [0, 0.05) is 36.8 Å². The fourth-order valence-electron chi connectivity index (χ4n) is 2.77. The number of guanidine groups is 1. The molecule has 4 nitrogen and oxygen atoms in total. The van der Waals surface area contributed by atoms with Gasteiger partial charge in [-0.1, -0.05) is 25.1 Å². The number of hydrogen-bond donors (Lipinski definition) is 2. The summed E-state index contributed by atoms with van der Waals surface area (Å²) in [6.45, 7) is 10.7. The van der Waals surface area contributed by atoms with Gasteiger partial charge in [0.1, 0.15) is 0 Å². The van der Waals surface area contributed by atoms with E-state index in [1.165, 1.54) is 24.4 Å². The summed E-state index contributed by atoms with van der Waals surface area (Å²) in [4.78, 5) is 8.60. The summed E-state index contributed by atoms with van der Waals surface area (Å²) in [5.41, 5.74) is 0. The van der Waals surface area contributed by atoms with Crippen molar-refractivity contribution in [1.29, 1.82) is 0 Å². The van der Waals surface area contributed by atoms with Crippen molar-refractivity contribution in [3.05, 3.63) is 30.3 Å². The highest BCUT2D eigenvalue weighted by molar-refractivity contribution is 14.0.